The monoisotopic (exact) mass is 590 g/mol. The second kappa shape index (κ2) is 11.2. The molecule has 1 aromatic carbocycles. The molecular weight excluding hydrogens is 548 g/mol. The highest BCUT2D eigenvalue weighted by atomic mass is 28.5. The fraction of sp³-hybridized carbons (Fsp3) is 0.607. The van der Waals surface area contributed by atoms with Crippen LogP contribution in [0.1, 0.15) is 67.1 Å². The second-order valence-corrected chi connectivity index (χ2v) is 20.9. The summed E-state index contributed by atoms with van der Waals surface area (Å²) in [5, 5.41) is 11.8. The van der Waals surface area contributed by atoms with Gasteiger partial charge in [-0.3, -0.25) is 19.1 Å². The first kappa shape index (κ1) is 30.8. The number of aromatic amines is 1. The fourth-order valence-electron chi connectivity index (χ4n) is 6.14. The summed E-state index contributed by atoms with van der Waals surface area (Å²) in [5.41, 5.74) is -3.29. The van der Waals surface area contributed by atoms with E-state index in [0.29, 0.717) is 5.56 Å². The number of aromatic nitrogens is 2. The van der Waals surface area contributed by atoms with Gasteiger partial charge < -0.3 is 22.8 Å². The van der Waals surface area contributed by atoms with Gasteiger partial charge in [0.2, 0.25) is 11.5 Å². The van der Waals surface area contributed by atoms with E-state index in [0.717, 1.165) is 10.6 Å². The number of aliphatic hydroxyl groups excluding tert-OH is 1. The van der Waals surface area contributed by atoms with Gasteiger partial charge in [-0.15, -0.1) is 0 Å². The highest BCUT2D eigenvalue weighted by Crippen LogP contribution is 2.50. The quantitative estimate of drug-likeness (QED) is 0.466. The summed E-state index contributed by atoms with van der Waals surface area (Å²) < 4.78 is 28.3. The Bertz CT molecular complexity index is 1310. The van der Waals surface area contributed by atoms with Gasteiger partial charge in [-0.25, -0.2) is 4.79 Å². The van der Waals surface area contributed by atoms with Crippen LogP contribution in [0.25, 0.3) is 0 Å². The van der Waals surface area contributed by atoms with Gasteiger partial charge in [0.05, 0.1) is 6.61 Å². The number of Topliss-reactive ketones (excluding diaryl/α,β-unsaturated/α-hetero) is 1. The Morgan fingerprint density at radius 2 is 1.48 bits per heavy atom. The summed E-state index contributed by atoms with van der Waals surface area (Å²) in [6.45, 7) is 16.5. The number of aliphatic hydroxyl groups is 1. The van der Waals surface area contributed by atoms with Crippen LogP contribution in [-0.4, -0.2) is 56.4 Å². The molecular formula is C28H42N2O8Si2. The van der Waals surface area contributed by atoms with Crippen molar-refractivity contribution in [2.24, 2.45) is 0 Å². The first-order chi connectivity index (χ1) is 18.7. The average Bonchev–Trinajstić information content (AvgIpc) is 3.14. The molecule has 2 aliphatic heterocycles. The molecule has 0 spiro atoms. The van der Waals surface area contributed by atoms with E-state index in [1.165, 1.54) is 6.20 Å². The molecule has 4 rings (SSSR count). The van der Waals surface area contributed by atoms with Crippen LogP contribution < -0.4 is 11.2 Å². The van der Waals surface area contributed by atoms with Gasteiger partial charge in [0, 0.05) is 12.3 Å². The number of rotatable bonds is 7. The number of H-pyrrole nitrogens is 1. The Balaban J connectivity index is 1.95. The van der Waals surface area contributed by atoms with E-state index in [9.17, 15) is 19.5 Å². The molecule has 40 heavy (non-hydrogen) atoms. The normalized spacial score (nSPS) is 27.2. The number of ether oxygens (including phenoxy) is 1. The van der Waals surface area contributed by atoms with Gasteiger partial charge in [-0.2, -0.15) is 0 Å². The highest BCUT2D eigenvalue weighted by Gasteiger charge is 2.67. The van der Waals surface area contributed by atoms with Gasteiger partial charge in [-0.1, -0.05) is 85.7 Å². The summed E-state index contributed by atoms with van der Waals surface area (Å²) in [6, 6.07) is 9.64. The number of hydrogen-bond acceptors (Lipinski definition) is 8. The molecule has 2 aromatic rings. The number of carbonyl (C=O) groups excluding carboxylic acids is 1. The number of ketones is 1. The van der Waals surface area contributed by atoms with Gasteiger partial charge in [-0.05, 0) is 27.7 Å². The van der Waals surface area contributed by atoms with Crippen LogP contribution in [0.4, 0.5) is 0 Å². The lowest BCUT2D eigenvalue weighted by atomic mass is 9.93. The summed E-state index contributed by atoms with van der Waals surface area (Å²) in [6.07, 6.45) is -2.50. The van der Waals surface area contributed by atoms with Crippen LogP contribution in [0.5, 0.6) is 0 Å². The number of hydrogen-bond donors (Lipinski definition) is 2. The predicted octanol–water partition coefficient (Wildman–Crippen LogP) is 3.85. The largest absolute Gasteiger partial charge is 0.414 e. The Labute approximate surface area is 237 Å². The van der Waals surface area contributed by atoms with Crippen LogP contribution in [0.15, 0.2) is 52.2 Å². The molecule has 2 saturated heterocycles. The molecule has 0 aliphatic carbocycles. The molecule has 220 valence electrons. The van der Waals surface area contributed by atoms with E-state index in [1.54, 1.807) is 30.3 Å². The minimum Gasteiger partial charge on any atom is -0.414 e. The zero-order valence-electron chi connectivity index (χ0n) is 24.5. The average molecular weight is 591 g/mol. The topological polar surface area (TPSA) is 129 Å². The van der Waals surface area contributed by atoms with E-state index in [-0.39, 0.29) is 28.8 Å². The van der Waals surface area contributed by atoms with Gasteiger partial charge in [0.25, 0.3) is 5.56 Å². The predicted molar refractivity (Wildman–Crippen MR) is 154 cm³/mol. The van der Waals surface area contributed by atoms with Crippen molar-refractivity contribution in [2.45, 2.75) is 102 Å². The summed E-state index contributed by atoms with van der Waals surface area (Å²) in [5.74, 6) is -0.628. The van der Waals surface area contributed by atoms with Crippen molar-refractivity contribution < 1.29 is 27.6 Å². The van der Waals surface area contributed by atoms with Crippen LogP contribution in [0, 0.1) is 0 Å². The highest BCUT2D eigenvalue weighted by molar-refractivity contribution is 6.84. The molecule has 12 heteroatoms. The lowest BCUT2D eigenvalue weighted by Gasteiger charge is -2.50. The molecule has 2 unspecified atom stereocenters. The third kappa shape index (κ3) is 4.83. The number of carbonyl (C=O) groups is 1. The molecule has 10 nitrogen and oxygen atoms in total. The molecule has 2 fully saturated rings. The standard InChI is InChI=1S/C28H42N2O8Si2/c1-17(2)39(18(3)4)35-16-22-24(37-40(38-39,19(5)6)20(7)8)26(33)28(36-22,25(32)21-12-10-9-11-13-21)30-15-14-23(31)29-27(30)34/h9-15,17-20,22,24-25,32H,16H2,1-8H3,(H,29,31,34)/t22-,24-,25?,28?/m1/s1. The van der Waals surface area contributed by atoms with Crippen molar-refractivity contribution in [3.05, 3.63) is 69.0 Å². The van der Waals surface area contributed by atoms with Gasteiger partial charge in [0.1, 0.15) is 18.3 Å². The molecule has 0 radical (unpaired) electrons. The van der Waals surface area contributed by atoms with Crippen molar-refractivity contribution >= 4 is 22.9 Å². The Hall–Kier alpha value is -2.20. The molecule has 0 amide bonds. The van der Waals surface area contributed by atoms with Gasteiger partial charge >= 0.3 is 22.8 Å². The van der Waals surface area contributed by atoms with Crippen molar-refractivity contribution in [1.29, 1.82) is 0 Å². The first-order valence-electron chi connectivity index (χ1n) is 14.0. The maximum absolute atomic E-state index is 14.6. The van der Waals surface area contributed by atoms with E-state index in [1.807, 2.05) is 27.7 Å². The van der Waals surface area contributed by atoms with Crippen molar-refractivity contribution in [3.63, 3.8) is 0 Å². The van der Waals surface area contributed by atoms with Crippen LogP contribution in [-0.2, 0) is 28.2 Å². The summed E-state index contributed by atoms with van der Waals surface area (Å²) in [7, 11) is -6.13. The Morgan fingerprint density at radius 3 is 2.00 bits per heavy atom. The maximum Gasteiger partial charge on any atom is 0.335 e. The van der Waals surface area contributed by atoms with E-state index < -0.39 is 58.2 Å². The third-order valence-electron chi connectivity index (χ3n) is 8.27. The zero-order chi connectivity index (χ0) is 29.6. The molecule has 2 N–H and O–H groups in total. The SMILES string of the molecule is CC(C)[Si]1(C(C)C)OC[C@H]2OC(C(O)c3ccccc3)(n3ccc(=O)[nH]c3=O)C(=O)[C@@H]2O[Si](C(C)C)(C(C)C)O1. The Morgan fingerprint density at radius 1 is 0.900 bits per heavy atom. The lowest BCUT2D eigenvalue weighted by Crippen LogP contribution is -2.65. The van der Waals surface area contributed by atoms with E-state index in [4.69, 9.17) is 17.7 Å². The molecule has 3 heterocycles. The smallest absolute Gasteiger partial charge is 0.335 e. The van der Waals surface area contributed by atoms with Crippen molar-refractivity contribution in [1.82, 2.24) is 9.55 Å². The second-order valence-electron chi connectivity index (χ2n) is 12.0. The minimum absolute atomic E-state index is 0.0129. The molecule has 0 saturated carbocycles. The molecule has 2 aliphatic rings. The number of nitrogens with zero attached hydrogens (tertiary/aromatic N) is 1. The van der Waals surface area contributed by atoms with E-state index >= 15 is 0 Å². The maximum atomic E-state index is 14.6. The van der Waals surface area contributed by atoms with Crippen molar-refractivity contribution in [3.8, 4) is 0 Å². The fourth-order valence-corrected chi connectivity index (χ4v) is 17.3. The summed E-state index contributed by atoms with van der Waals surface area (Å²) >= 11 is 0. The van der Waals surface area contributed by atoms with Crippen LogP contribution >= 0.6 is 0 Å². The molecule has 1 aromatic heterocycles. The number of nitrogens with one attached hydrogen (secondary N) is 1. The van der Waals surface area contributed by atoms with Crippen molar-refractivity contribution in [2.75, 3.05) is 6.61 Å². The first-order valence-corrected chi connectivity index (χ1v) is 18.0. The minimum atomic E-state index is -3.20. The van der Waals surface area contributed by atoms with Gasteiger partial charge in [0.15, 0.2) is 0 Å². The zero-order valence-corrected chi connectivity index (χ0v) is 26.5. The molecule has 0 bridgehead atoms. The Kier molecular flexibility index (Phi) is 8.64. The van der Waals surface area contributed by atoms with E-state index in [2.05, 4.69) is 32.7 Å². The third-order valence-corrected chi connectivity index (χ3v) is 18.5. The van der Waals surface area contributed by atoms with Crippen LogP contribution in [0.2, 0.25) is 22.2 Å². The lowest BCUT2D eigenvalue weighted by molar-refractivity contribution is -0.186. The number of fused-ring (bicyclic) bond motifs is 1. The van der Waals surface area contributed by atoms with Crippen LogP contribution in [0.3, 0.4) is 0 Å². The number of benzene rings is 1. The summed E-state index contributed by atoms with van der Waals surface area (Å²) in [4.78, 5) is 41.9. The molecule has 4 atom stereocenters.